The van der Waals surface area contributed by atoms with Crippen LogP contribution >= 0.6 is 0 Å². The molecule has 0 bridgehead atoms. The number of allylic oxidation sites excluding steroid dienone is 2. The Labute approximate surface area is 75.2 Å². The third kappa shape index (κ3) is 1.38. The number of rotatable bonds is 1. The Balaban J connectivity index is 2.30. The van der Waals surface area contributed by atoms with Crippen LogP contribution in [0.25, 0.3) is 0 Å². The van der Waals surface area contributed by atoms with Crippen LogP contribution in [0, 0.1) is 0 Å². The van der Waals surface area contributed by atoms with Crippen LogP contribution in [-0.2, 0) is 4.79 Å². The molecule has 13 heavy (non-hydrogen) atoms. The van der Waals surface area contributed by atoms with Gasteiger partial charge in [0.25, 0.3) is 0 Å². The summed E-state index contributed by atoms with van der Waals surface area (Å²) in [6, 6.07) is 0. The maximum atomic E-state index is 10.6. The monoisotopic (exact) mass is 176 g/mol. The van der Waals surface area contributed by atoms with E-state index in [0.717, 1.165) is 5.82 Å². The molecule has 4 nitrogen and oxygen atoms in total. The minimum absolute atomic E-state index is 0.215. The topological polar surface area (TPSA) is 52.9 Å². The lowest BCUT2D eigenvalue weighted by atomic mass is 10.2. The van der Waals surface area contributed by atoms with Crippen LogP contribution < -0.4 is 0 Å². The van der Waals surface area contributed by atoms with Crippen molar-refractivity contribution in [3.05, 3.63) is 35.8 Å². The van der Waals surface area contributed by atoms with Gasteiger partial charge in [-0.15, -0.1) is 0 Å². The van der Waals surface area contributed by atoms with E-state index in [4.69, 9.17) is 5.11 Å². The van der Waals surface area contributed by atoms with Crippen molar-refractivity contribution in [2.24, 2.45) is 4.99 Å². The zero-order chi connectivity index (χ0) is 9.26. The molecule has 0 radical (unpaired) electrons. The van der Waals surface area contributed by atoms with Gasteiger partial charge in [0.2, 0.25) is 0 Å². The summed E-state index contributed by atoms with van der Waals surface area (Å²) in [6.45, 7) is 0.681. The smallest absolute Gasteiger partial charge is 0.338 e. The standard InChI is InChI=1S/C9H8N2O2/c12-9(13)7-5-10-8-3-1-2-4-11(8)6-7/h1-3,5-6H,4H2,(H,12,13). The normalized spacial score (nSPS) is 19.2. The Morgan fingerprint density at radius 2 is 2.46 bits per heavy atom. The highest BCUT2D eigenvalue weighted by atomic mass is 16.4. The van der Waals surface area contributed by atoms with Crippen molar-refractivity contribution < 1.29 is 9.90 Å². The maximum Gasteiger partial charge on any atom is 0.338 e. The average molecular weight is 176 g/mol. The van der Waals surface area contributed by atoms with Crippen LogP contribution in [0.2, 0.25) is 0 Å². The zero-order valence-electron chi connectivity index (χ0n) is 6.84. The number of hydrogen-bond donors (Lipinski definition) is 1. The van der Waals surface area contributed by atoms with Crippen LogP contribution in [-0.4, -0.2) is 28.7 Å². The third-order valence-electron chi connectivity index (χ3n) is 1.86. The molecule has 2 aliphatic heterocycles. The van der Waals surface area contributed by atoms with Gasteiger partial charge in [0, 0.05) is 19.0 Å². The molecule has 66 valence electrons. The molecule has 2 aliphatic rings. The first-order valence-electron chi connectivity index (χ1n) is 3.90. The van der Waals surface area contributed by atoms with Gasteiger partial charge in [-0.05, 0) is 6.08 Å². The predicted octanol–water partition coefficient (Wildman–Crippen LogP) is 0.753. The van der Waals surface area contributed by atoms with Crippen LogP contribution in [0.3, 0.4) is 0 Å². The summed E-state index contributed by atoms with van der Waals surface area (Å²) in [7, 11) is 0. The summed E-state index contributed by atoms with van der Waals surface area (Å²) in [5.74, 6) is -0.162. The Morgan fingerprint density at radius 3 is 3.23 bits per heavy atom. The molecule has 0 unspecified atom stereocenters. The number of nitrogens with zero attached hydrogens (tertiary/aromatic N) is 2. The number of aliphatic imine (C=N–C) groups is 1. The SMILES string of the molecule is O=C(O)C1=CN2CC=CC=C2N=C1. The molecule has 0 fully saturated rings. The summed E-state index contributed by atoms with van der Waals surface area (Å²) < 4.78 is 0. The first kappa shape index (κ1) is 7.79. The molecular weight excluding hydrogens is 168 g/mol. The molecule has 2 heterocycles. The van der Waals surface area contributed by atoms with Crippen LogP contribution in [0.15, 0.2) is 40.8 Å². The molecule has 0 aliphatic carbocycles. The summed E-state index contributed by atoms with van der Waals surface area (Å²) in [5, 5.41) is 8.70. The Kier molecular flexibility index (Phi) is 1.73. The molecule has 0 amide bonds. The van der Waals surface area contributed by atoms with Crippen molar-refractivity contribution in [1.82, 2.24) is 4.90 Å². The third-order valence-corrected chi connectivity index (χ3v) is 1.86. The van der Waals surface area contributed by atoms with Gasteiger partial charge in [-0.3, -0.25) is 0 Å². The fraction of sp³-hybridized carbons (Fsp3) is 0.111. The van der Waals surface area contributed by atoms with E-state index in [2.05, 4.69) is 4.99 Å². The van der Waals surface area contributed by atoms with Gasteiger partial charge in [-0.2, -0.15) is 0 Å². The van der Waals surface area contributed by atoms with Gasteiger partial charge in [-0.1, -0.05) is 12.2 Å². The van der Waals surface area contributed by atoms with Gasteiger partial charge >= 0.3 is 5.97 Å². The Bertz CT molecular complexity index is 364. The molecular formula is C9H8N2O2. The lowest BCUT2D eigenvalue weighted by molar-refractivity contribution is -0.132. The molecule has 0 saturated heterocycles. The molecule has 1 N–H and O–H groups in total. The van der Waals surface area contributed by atoms with Crippen molar-refractivity contribution in [3.8, 4) is 0 Å². The highest BCUT2D eigenvalue weighted by molar-refractivity contribution is 6.09. The number of carboxylic acids is 1. The lowest BCUT2D eigenvalue weighted by Crippen LogP contribution is -2.23. The van der Waals surface area contributed by atoms with E-state index in [1.165, 1.54) is 6.21 Å². The zero-order valence-corrected chi connectivity index (χ0v) is 6.84. The molecule has 0 aromatic heterocycles. The second kappa shape index (κ2) is 2.90. The van der Waals surface area contributed by atoms with E-state index in [0.29, 0.717) is 6.54 Å². The van der Waals surface area contributed by atoms with Crippen molar-refractivity contribution in [2.45, 2.75) is 0 Å². The van der Waals surface area contributed by atoms with Crippen LogP contribution in [0.4, 0.5) is 0 Å². The minimum atomic E-state index is -0.947. The maximum absolute atomic E-state index is 10.6. The molecule has 4 heteroatoms. The Hall–Kier alpha value is -1.84. The van der Waals surface area contributed by atoms with E-state index in [9.17, 15) is 4.79 Å². The molecule has 0 saturated carbocycles. The van der Waals surface area contributed by atoms with Gasteiger partial charge in [0.1, 0.15) is 5.82 Å². The lowest BCUT2D eigenvalue weighted by Gasteiger charge is -2.24. The summed E-state index contributed by atoms with van der Waals surface area (Å²) in [5.41, 5.74) is 0.215. The van der Waals surface area contributed by atoms with E-state index in [1.54, 1.807) is 11.1 Å². The molecule has 2 rings (SSSR count). The number of aliphatic carboxylic acids is 1. The second-order valence-corrected chi connectivity index (χ2v) is 2.75. The van der Waals surface area contributed by atoms with Gasteiger partial charge in [-0.25, -0.2) is 9.79 Å². The van der Waals surface area contributed by atoms with E-state index in [1.807, 2.05) is 18.2 Å². The van der Waals surface area contributed by atoms with Gasteiger partial charge in [0.05, 0.1) is 5.57 Å². The van der Waals surface area contributed by atoms with E-state index in [-0.39, 0.29) is 5.57 Å². The summed E-state index contributed by atoms with van der Waals surface area (Å²) >= 11 is 0. The molecule has 0 spiro atoms. The minimum Gasteiger partial charge on any atom is -0.478 e. The van der Waals surface area contributed by atoms with Crippen LogP contribution in [0.1, 0.15) is 0 Å². The van der Waals surface area contributed by atoms with Gasteiger partial charge < -0.3 is 10.0 Å². The molecule has 0 atom stereocenters. The van der Waals surface area contributed by atoms with Gasteiger partial charge in [0.15, 0.2) is 0 Å². The van der Waals surface area contributed by atoms with Crippen LogP contribution in [0.5, 0.6) is 0 Å². The summed E-state index contributed by atoms with van der Waals surface area (Å²) in [6.07, 6.45) is 8.65. The predicted molar refractivity (Wildman–Crippen MR) is 48.1 cm³/mol. The first-order chi connectivity index (χ1) is 6.27. The first-order valence-corrected chi connectivity index (χ1v) is 3.90. The second-order valence-electron chi connectivity index (χ2n) is 2.75. The van der Waals surface area contributed by atoms with Crippen molar-refractivity contribution >= 4 is 12.2 Å². The van der Waals surface area contributed by atoms with Crippen molar-refractivity contribution in [2.75, 3.05) is 6.54 Å². The molecule has 0 aromatic carbocycles. The highest BCUT2D eigenvalue weighted by Crippen LogP contribution is 2.16. The van der Waals surface area contributed by atoms with Crippen molar-refractivity contribution in [3.63, 3.8) is 0 Å². The quantitative estimate of drug-likeness (QED) is 0.641. The largest absolute Gasteiger partial charge is 0.478 e. The number of carboxylic acid groups (broad SMARTS) is 1. The Morgan fingerprint density at radius 1 is 1.62 bits per heavy atom. The fourth-order valence-corrected chi connectivity index (χ4v) is 1.20. The number of hydrogen-bond acceptors (Lipinski definition) is 3. The summed E-state index contributed by atoms with van der Waals surface area (Å²) in [4.78, 5) is 16.4. The van der Waals surface area contributed by atoms with E-state index >= 15 is 0 Å². The fourth-order valence-electron chi connectivity index (χ4n) is 1.20. The average Bonchev–Trinajstić information content (AvgIpc) is 2.17. The van der Waals surface area contributed by atoms with E-state index < -0.39 is 5.97 Å². The highest BCUT2D eigenvalue weighted by Gasteiger charge is 2.15. The van der Waals surface area contributed by atoms with Crippen molar-refractivity contribution in [1.29, 1.82) is 0 Å². The number of carbonyl (C=O) groups is 1. The number of fused-ring (bicyclic) bond motifs is 1. The molecule has 0 aromatic rings.